The van der Waals surface area contributed by atoms with Crippen LogP contribution in [0.15, 0.2) is 30.5 Å². The normalized spacial score (nSPS) is 16.7. The van der Waals surface area contributed by atoms with Crippen molar-refractivity contribution in [2.75, 3.05) is 23.7 Å². The summed E-state index contributed by atoms with van der Waals surface area (Å²) in [7, 11) is 0. The second kappa shape index (κ2) is 9.03. The Morgan fingerprint density at radius 2 is 1.64 bits per heavy atom. The van der Waals surface area contributed by atoms with Gasteiger partial charge in [-0.2, -0.15) is 0 Å². The molecule has 1 aliphatic carbocycles. The number of hydrogen-bond donors (Lipinski definition) is 4. The number of aromatic nitrogens is 3. The summed E-state index contributed by atoms with van der Waals surface area (Å²) in [4.78, 5) is 24.1. The van der Waals surface area contributed by atoms with Gasteiger partial charge < -0.3 is 21.3 Å². The third-order valence-electron chi connectivity index (χ3n) is 4.74. The number of hydrogen-bond acceptors (Lipinski definition) is 5. The van der Waals surface area contributed by atoms with E-state index in [4.69, 9.17) is 0 Å². The van der Waals surface area contributed by atoms with E-state index < -0.39 is 0 Å². The number of amides is 3. The van der Waals surface area contributed by atoms with E-state index >= 15 is 0 Å². The minimum absolute atomic E-state index is 0. The first-order valence-corrected chi connectivity index (χ1v) is 9.29. The van der Waals surface area contributed by atoms with Gasteiger partial charge >= 0.3 is 6.03 Å². The molecule has 0 spiro atoms. The lowest BCUT2D eigenvalue weighted by molar-refractivity contribution is 0.102. The molecule has 1 saturated carbocycles. The molecule has 0 bridgehead atoms. The fourth-order valence-corrected chi connectivity index (χ4v) is 3.04. The minimum atomic E-state index is -0.303. The quantitative estimate of drug-likeness (QED) is 0.608. The van der Waals surface area contributed by atoms with Crippen molar-refractivity contribution in [2.24, 2.45) is 0 Å². The molecule has 28 heavy (non-hydrogen) atoms. The van der Waals surface area contributed by atoms with Gasteiger partial charge in [-0.1, -0.05) is 5.21 Å². The predicted octanol–water partition coefficient (Wildman–Crippen LogP) is 2.16. The highest BCUT2D eigenvalue weighted by atomic mass is 35.5. The van der Waals surface area contributed by atoms with E-state index in [9.17, 15) is 9.59 Å². The summed E-state index contributed by atoms with van der Waals surface area (Å²) in [6.07, 6.45) is 5.74. The molecule has 2 heterocycles. The van der Waals surface area contributed by atoms with Gasteiger partial charge in [-0.15, -0.1) is 17.5 Å². The van der Waals surface area contributed by atoms with E-state index in [1.165, 1.54) is 0 Å². The average molecular weight is 406 g/mol. The van der Waals surface area contributed by atoms with Gasteiger partial charge in [0.25, 0.3) is 5.91 Å². The zero-order valence-electron chi connectivity index (χ0n) is 15.4. The standard InChI is InChI=1S/C18H23N7O2.ClH/c26-17(16-11-25(24-23-16)15-7-9-19-10-8-15)20-12-1-3-13(4-2-12)21-18(27)22-14-5-6-14;/h1-4,11,14-15,19H,5-10H2,(H,20,26)(H2,21,22,27);1H. The molecule has 10 heteroatoms. The molecule has 0 unspecified atom stereocenters. The summed E-state index contributed by atoms with van der Waals surface area (Å²) in [6.45, 7) is 1.90. The Bertz CT molecular complexity index is 814. The SMILES string of the molecule is Cl.O=C(Nc1ccc(NC(=O)c2cn(C3CCNCC3)nn2)cc1)NC1CC1. The molecule has 2 aliphatic rings. The van der Waals surface area contributed by atoms with Crippen molar-refractivity contribution >= 4 is 35.7 Å². The second-order valence-corrected chi connectivity index (χ2v) is 6.97. The smallest absolute Gasteiger partial charge is 0.319 e. The van der Waals surface area contributed by atoms with Gasteiger partial charge in [0.1, 0.15) is 0 Å². The van der Waals surface area contributed by atoms with E-state index in [0.29, 0.717) is 23.1 Å². The summed E-state index contributed by atoms with van der Waals surface area (Å²) < 4.78 is 1.78. The van der Waals surface area contributed by atoms with Crippen LogP contribution in [0.25, 0.3) is 0 Å². The van der Waals surface area contributed by atoms with Crippen LogP contribution in [0.4, 0.5) is 16.2 Å². The molecule has 4 N–H and O–H groups in total. The summed E-state index contributed by atoms with van der Waals surface area (Å²) in [5.74, 6) is -0.303. The third kappa shape index (κ3) is 5.20. The summed E-state index contributed by atoms with van der Waals surface area (Å²) in [5.41, 5.74) is 1.59. The van der Waals surface area contributed by atoms with Crippen LogP contribution in [-0.2, 0) is 0 Å². The molecular formula is C18H24ClN7O2. The number of urea groups is 1. The van der Waals surface area contributed by atoms with Crippen molar-refractivity contribution in [1.82, 2.24) is 25.6 Å². The van der Waals surface area contributed by atoms with Crippen molar-refractivity contribution in [3.05, 3.63) is 36.2 Å². The Morgan fingerprint density at radius 3 is 2.29 bits per heavy atom. The number of piperidine rings is 1. The van der Waals surface area contributed by atoms with Crippen LogP contribution >= 0.6 is 12.4 Å². The average Bonchev–Trinajstić information content (AvgIpc) is 3.34. The Balaban J connectivity index is 0.00000225. The fourth-order valence-electron chi connectivity index (χ4n) is 3.04. The maximum absolute atomic E-state index is 12.4. The van der Waals surface area contributed by atoms with Crippen LogP contribution in [0.3, 0.4) is 0 Å². The molecule has 150 valence electrons. The number of benzene rings is 1. The van der Waals surface area contributed by atoms with Crippen molar-refractivity contribution < 1.29 is 9.59 Å². The van der Waals surface area contributed by atoms with E-state index in [2.05, 4.69) is 31.6 Å². The Hall–Kier alpha value is -2.65. The second-order valence-electron chi connectivity index (χ2n) is 6.97. The third-order valence-corrected chi connectivity index (χ3v) is 4.74. The molecule has 0 atom stereocenters. The van der Waals surface area contributed by atoms with Gasteiger partial charge in [-0.3, -0.25) is 4.79 Å². The van der Waals surface area contributed by atoms with Gasteiger partial charge in [0.15, 0.2) is 5.69 Å². The highest BCUT2D eigenvalue weighted by Crippen LogP contribution is 2.20. The number of halogens is 1. The molecule has 4 rings (SSSR count). The molecule has 2 fully saturated rings. The van der Waals surface area contributed by atoms with Crippen molar-refractivity contribution in [2.45, 2.75) is 37.8 Å². The largest absolute Gasteiger partial charge is 0.335 e. The van der Waals surface area contributed by atoms with E-state index in [0.717, 1.165) is 38.8 Å². The Labute approximate surface area is 169 Å². The number of carbonyl (C=O) groups excluding carboxylic acids is 2. The molecule has 0 radical (unpaired) electrons. The lowest BCUT2D eigenvalue weighted by atomic mass is 10.1. The van der Waals surface area contributed by atoms with Gasteiger partial charge in [-0.05, 0) is 63.0 Å². The monoisotopic (exact) mass is 405 g/mol. The number of carbonyl (C=O) groups is 2. The topological polar surface area (TPSA) is 113 Å². The van der Waals surface area contributed by atoms with Gasteiger partial charge in [0.05, 0.1) is 12.2 Å². The van der Waals surface area contributed by atoms with Gasteiger partial charge in [-0.25, -0.2) is 9.48 Å². The lowest BCUT2D eigenvalue weighted by Gasteiger charge is -2.22. The van der Waals surface area contributed by atoms with Crippen LogP contribution in [0.5, 0.6) is 0 Å². The molecule has 9 nitrogen and oxygen atoms in total. The van der Waals surface area contributed by atoms with Crippen molar-refractivity contribution in [1.29, 1.82) is 0 Å². The number of nitrogens with one attached hydrogen (secondary N) is 4. The lowest BCUT2D eigenvalue weighted by Crippen LogP contribution is -2.30. The molecule has 1 saturated heterocycles. The molecule has 2 aromatic rings. The van der Waals surface area contributed by atoms with Crippen LogP contribution in [-0.4, -0.2) is 46.1 Å². The van der Waals surface area contributed by atoms with Crippen LogP contribution in [0, 0.1) is 0 Å². The number of anilines is 2. The van der Waals surface area contributed by atoms with Crippen molar-refractivity contribution in [3.8, 4) is 0 Å². The maximum Gasteiger partial charge on any atom is 0.319 e. The molecule has 3 amide bonds. The predicted molar refractivity (Wildman–Crippen MR) is 108 cm³/mol. The van der Waals surface area contributed by atoms with E-state index in [-0.39, 0.29) is 30.4 Å². The first kappa shape index (κ1) is 20.1. The van der Waals surface area contributed by atoms with E-state index in [1.54, 1.807) is 35.1 Å². The molecule has 1 aliphatic heterocycles. The molecule has 1 aromatic carbocycles. The Morgan fingerprint density at radius 1 is 1.00 bits per heavy atom. The Kier molecular flexibility index (Phi) is 6.48. The first-order chi connectivity index (χ1) is 13.2. The first-order valence-electron chi connectivity index (χ1n) is 9.29. The number of nitrogens with zero attached hydrogens (tertiary/aromatic N) is 3. The molecular weight excluding hydrogens is 382 g/mol. The minimum Gasteiger partial charge on any atom is -0.335 e. The molecule has 1 aromatic heterocycles. The summed E-state index contributed by atoms with van der Waals surface area (Å²) in [5, 5.41) is 19.8. The summed E-state index contributed by atoms with van der Waals surface area (Å²) >= 11 is 0. The van der Waals surface area contributed by atoms with Crippen LogP contribution < -0.4 is 21.3 Å². The summed E-state index contributed by atoms with van der Waals surface area (Å²) in [6, 6.07) is 7.35. The zero-order valence-corrected chi connectivity index (χ0v) is 16.2. The van der Waals surface area contributed by atoms with Gasteiger partial charge in [0, 0.05) is 17.4 Å². The zero-order chi connectivity index (χ0) is 18.6. The highest BCUT2D eigenvalue weighted by Gasteiger charge is 2.23. The van der Waals surface area contributed by atoms with Gasteiger partial charge in [0.2, 0.25) is 0 Å². The van der Waals surface area contributed by atoms with Crippen LogP contribution in [0.2, 0.25) is 0 Å². The van der Waals surface area contributed by atoms with E-state index in [1.807, 2.05) is 0 Å². The number of rotatable bonds is 5. The fraction of sp³-hybridized carbons (Fsp3) is 0.444. The van der Waals surface area contributed by atoms with Crippen LogP contribution in [0.1, 0.15) is 42.2 Å². The maximum atomic E-state index is 12.4. The highest BCUT2D eigenvalue weighted by molar-refractivity contribution is 6.02. The van der Waals surface area contributed by atoms with Crippen molar-refractivity contribution in [3.63, 3.8) is 0 Å².